The number of amides is 2. The number of aliphatic hydroxyl groups is 1. The van der Waals surface area contributed by atoms with Crippen molar-refractivity contribution in [2.45, 2.75) is 95.9 Å². The lowest BCUT2D eigenvalue weighted by molar-refractivity contribution is -0.161. The summed E-state index contributed by atoms with van der Waals surface area (Å²) in [5, 5.41) is 20.5. The Balaban J connectivity index is 2.12. The molecule has 0 aromatic heterocycles. The van der Waals surface area contributed by atoms with Crippen LogP contribution in [0.15, 0.2) is 12.7 Å². The van der Waals surface area contributed by atoms with E-state index in [1.807, 2.05) is 20.8 Å². The summed E-state index contributed by atoms with van der Waals surface area (Å²) >= 11 is 0. The van der Waals surface area contributed by atoms with Gasteiger partial charge in [-0.05, 0) is 31.6 Å². The number of aliphatic carboxylic acids is 1. The number of carbonyl (C=O) groups is 3. The lowest BCUT2D eigenvalue weighted by Crippen LogP contribution is -2.60. The summed E-state index contributed by atoms with van der Waals surface area (Å²) in [5.41, 5.74) is -2.12. The van der Waals surface area contributed by atoms with Gasteiger partial charge < -0.3 is 24.7 Å². The number of carboxylic acid groups (broad SMARTS) is 1. The second-order valence-corrected chi connectivity index (χ2v) is 10.3. The highest BCUT2D eigenvalue weighted by atomic mass is 16.5. The Morgan fingerprint density at radius 3 is 2.53 bits per heavy atom. The summed E-state index contributed by atoms with van der Waals surface area (Å²) in [4.78, 5) is 43.9. The number of hydrogen-bond acceptors (Lipinski definition) is 5. The molecule has 0 aromatic rings. The van der Waals surface area contributed by atoms with Crippen LogP contribution in [-0.2, 0) is 19.1 Å². The van der Waals surface area contributed by atoms with E-state index in [1.54, 1.807) is 11.0 Å². The van der Waals surface area contributed by atoms with E-state index >= 15 is 0 Å². The van der Waals surface area contributed by atoms with Crippen molar-refractivity contribution in [3.8, 4) is 0 Å². The van der Waals surface area contributed by atoms with Crippen LogP contribution in [0.1, 0.15) is 72.6 Å². The number of rotatable bonds is 13. The van der Waals surface area contributed by atoms with E-state index in [9.17, 15) is 24.6 Å². The average molecular weight is 479 g/mol. The zero-order valence-electron chi connectivity index (χ0n) is 21.2. The summed E-state index contributed by atoms with van der Waals surface area (Å²) in [6.07, 6.45) is 6.65. The highest BCUT2D eigenvalue weighted by molar-refractivity contribution is 5.98. The molecule has 2 unspecified atom stereocenters. The van der Waals surface area contributed by atoms with Gasteiger partial charge in [-0.3, -0.25) is 14.4 Å². The Morgan fingerprint density at radius 1 is 1.29 bits per heavy atom. The second kappa shape index (κ2) is 10.4. The second-order valence-electron chi connectivity index (χ2n) is 10.3. The zero-order valence-corrected chi connectivity index (χ0v) is 21.2. The Hall–Kier alpha value is -1.93. The average Bonchev–Trinajstić information content (AvgIpc) is 3.42. The standard InChI is InChI=1S/C26H42N2O6/c1-6-10-11-15-27(14-7-2)23(31)21-26-13-12-25(9-4,34-26)20(24(32)33)19(26)22(30)28(21)18(16-29)17(5)8-3/h7,17-21,29H,2,6,8-16H2,1,3-5H3,(H,32,33)/t17-,18-,19-,20-,21?,25+,26?/m0/s1. The van der Waals surface area contributed by atoms with E-state index in [2.05, 4.69) is 13.5 Å². The van der Waals surface area contributed by atoms with E-state index in [0.29, 0.717) is 38.8 Å². The summed E-state index contributed by atoms with van der Waals surface area (Å²) in [6.45, 7) is 12.3. The molecule has 3 aliphatic rings. The monoisotopic (exact) mass is 478 g/mol. The van der Waals surface area contributed by atoms with Gasteiger partial charge in [-0.15, -0.1) is 6.58 Å². The number of nitrogens with zero attached hydrogens (tertiary/aromatic N) is 2. The smallest absolute Gasteiger partial charge is 0.310 e. The lowest BCUT2D eigenvalue weighted by Gasteiger charge is -2.41. The van der Waals surface area contributed by atoms with Gasteiger partial charge in [0.2, 0.25) is 11.8 Å². The third-order valence-corrected chi connectivity index (χ3v) is 8.66. The number of carbonyl (C=O) groups excluding carboxylic acids is 2. The molecule has 2 N–H and O–H groups in total. The van der Waals surface area contributed by atoms with Gasteiger partial charge in [0.25, 0.3) is 0 Å². The first-order valence-corrected chi connectivity index (χ1v) is 12.9. The van der Waals surface area contributed by atoms with E-state index in [1.165, 1.54) is 4.90 Å². The molecule has 34 heavy (non-hydrogen) atoms. The van der Waals surface area contributed by atoms with Crippen LogP contribution >= 0.6 is 0 Å². The minimum absolute atomic E-state index is 0.0620. The largest absolute Gasteiger partial charge is 0.481 e. The van der Waals surface area contributed by atoms with E-state index in [-0.39, 0.29) is 24.3 Å². The van der Waals surface area contributed by atoms with Crippen molar-refractivity contribution >= 4 is 17.8 Å². The van der Waals surface area contributed by atoms with Crippen molar-refractivity contribution < 1.29 is 29.3 Å². The fourth-order valence-electron chi connectivity index (χ4n) is 6.66. The zero-order chi connectivity index (χ0) is 25.3. The molecule has 2 amide bonds. The minimum Gasteiger partial charge on any atom is -0.481 e. The number of hydrogen-bond donors (Lipinski definition) is 2. The van der Waals surface area contributed by atoms with Gasteiger partial charge in [0.15, 0.2) is 0 Å². The number of ether oxygens (including phenoxy) is 1. The van der Waals surface area contributed by atoms with Crippen LogP contribution in [0, 0.1) is 17.8 Å². The fraction of sp³-hybridized carbons (Fsp3) is 0.808. The van der Waals surface area contributed by atoms with Gasteiger partial charge in [0.1, 0.15) is 17.6 Å². The van der Waals surface area contributed by atoms with Gasteiger partial charge in [-0.25, -0.2) is 0 Å². The molecule has 8 nitrogen and oxygen atoms in total. The van der Waals surface area contributed by atoms with Gasteiger partial charge >= 0.3 is 5.97 Å². The molecule has 0 aromatic carbocycles. The van der Waals surface area contributed by atoms with Gasteiger partial charge in [-0.2, -0.15) is 0 Å². The Bertz CT molecular complexity index is 802. The van der Waals surface area contributed by atoms with Crippen LogP contribution in [0.2, 0.25) is 0 Å². The molecule has 3 saturated heterocycles. The van der Waals surface area contributed by atoms with Crippen molar-refractivity contribution in [1.82, 2.24) is 9.80 Å². The van der Waals surface area contributed by atoms with Crippen molar-refractivity contribution in [3.05, 3.63) is 12.7 Å². The van der Waals surface area contributed by atoms with E-state index in [4.69, 9.17) is 4.74 Å². The highest BCUT2D eigenvalue weighted by Crippen LogP contribution is 2.64. The normalized spacial score (nSPS) is 33.6. The molecule has 7 atom stereocenters. The van der Waals surface area contributed by atoms with E-state index < -0.39 is 41.1 Å². The molecule has 3 heterocycles. The highest BCUT2D eigenvalue weighted by Gasteiger charge is 2.79. The van der Waals surface area contributed by atoms with Crippen LogP contribution in [-0.4, -0.2) is 80.8 Å². The molecule has 0 aliphatic carbocycles. The number of likely N-dealkylation sites (tertiary alicyclic amines) is 1. The summed E-state index contributed by atoms with van der Waals surface area (Å²) in [6, 6.07) is -1.53. The van der Waals surface area contributed by atoms with E-state index in [0.717, 1.165) is 19.3 Å². The molecule has 3 rings (SSSR count). The molecule has 192 valence electrons. The summed E-state index contributed by atoms with van der Waals surface area (Å²) in [5.74, 6) is -3.63. The molecule has 0 saturated carbocycles. The first-order valence-electron chi connectivity index (χ1n) is 12.9. The minimum atomic E-state index is -1.18. The predicted molar refractivity (Wildman–Crippen MR) is 128 cm³/mol. The van der Waals surface area contributed by atoms with Crippen LogP contribution in [0.3, 0.4) is 0 Å². The molecular formula is C26H42N2O6. The molecule has 2 bridgehead atoms. The van der Waals surface area contributed by atoms with Crippen molar-refractivity contribution in [1.29, 1.82) is 0 Å². The lowest BCUT2D eigenvalue weighted by atomic mass is 9.65. The van der Waals surface area contributed by atoms with Crippen LogP contribution in [0.4, 0.5) is 0 Å². The van der Waals surface area contributed by atoms with Crippen LogP contribution in [0.5, 0.6) is 0 Å². The third-order valence-electron chi connectivity index (χ3n) is 8.66. The number of carboxylic acids is 1. The molecule has 1 spiro atoms. The topological polar surface area (TPSA) is 107 Å². The van der Waals surface area contributed by atoms with Crippen molar-refractivity contribution in [2.75, 3.05) is 19.7 Å². The molecular weight excluding hydrogens is 436 g/mol. The fourth-order valence-corrected chi connectivity index (χ4v) is 6.66. The van der Waals surface area contributed by atoms with Gasteiger partial charge in [0, 0.05) is 13.1 Å². The first-order chi connectivity index (χ1) is 16.2. The Kier molecular flexibility index (Phi) is 8.13. The SMILES string of the molecule is C=CCN(CCCCC)C(=O)C1N([C@@H](CO)[C@@H](C)CC)C(=O)[C@@H]2[C@@H](C(=O)O)[C@@]3(CC)CCC12O3. The van der Waals surface area contributed by atoms with Crippen molar-refractivity contribution in [2.24, 2.45) is 17.8 Å². The summed E-state index contributed by atoms with van der Waals surface area (Å²) in [7, 11) is 0. The number of fused-ring (bicyclic) bond motifs is 1. The number of aliphatic hydroxyl groups excluding tert-OH is 1. The maximum atomic E-state index is 14.2. The Morgan fingerprint density at radius 2 is 2.00 bits per heavy atom. The first kappa shape index (κ1) is 26.7. The molecule has 3 aliphatic heterocycles. The predicted octanol–water partition coefficient (Wildman–Crippen LogP) is 2.84. The number of unbranched alkanes of at least 4 members (excludes halogenated alkanes) is 2. The molecule has 8 heteroatoms. The molecule has 0 radical (unpaired) electrons. The van der Waals surface area contributed by atoms with Crippen LogP contribution < -0.4 is 0 Å². The maximum absolute atomic E-state index is 14.2. The summed E-state index contributed by atoms with van der Waals surface area (Å²) < 4.78 is 6.59. The van der Waals surface area contributed by atoms with Crippen molar-refractivity contribution in [3.63, 3.8) is 0 Å². The van der Waals surface area contributed by atoms with Gasteiger partial charge in [0.05, 0.1) is 24.2 Å². The quantitative estimate of drug-likeness (QED) is 0.311. The van der Waals surface area contributed by atoms with Gasteiger partial charge in [-0.1, -0.05) is 53.0 Å². The van der Waals surface area contributed by atoms with Crippen LogP contribution in [0.25, 0.3) is 0 Å². The maximum Gasteiger partial charge on any atom is 0.310 e. The third kappa shape index (κ3) is 3.96. The Labute approximate surface area is 203 Å². The molecule has 3 fully saturated rings.